The summed E-state index contributed by atoms with van der Waals surface area (Å²) < 4.78 is 42.3. The van der Waals surface area contributed by atoms with E-state index < -0.39 is 17.3 Å². The third-order valence-electron chi connectivity index (χ3n) is 4.67. The number of carbonyl (C=O) groups excluding carboxylic acids is 3. The first kappa shape index (κ1) is 21.4. The molecule has 3 rings (SSSR count). The molecular weight excluding hydrogens is 411 g/mol. The van der Waals surface area contributed by atoms with E-state index in [4.69, 9.17) is 4.74 Å². The van der Waals surface area contributed by atoms with Gasteiger partial charge < -0.3 is 19.4 Å². The van der Waals surface area contributed by atoms with E-state index >= 15 is 0 Å². The van der Waals surface area contributed by atoms with Crippen molar-refractivity contribution in [3.8, 4) is 0 Å². The van der Waals surface area contributed by atoms with Crippen LogP contribution >= 0.6 is 11.8 Å². The summed E-state index contributed by atoms with van der Waals surface area (Å²) >= 11 is -0.238. The van der Waals surface area contributed by atoms with Crippen LogP contribution in [0.1, 0.15) is 10.4 Å². The van der Waals surface area contributed by atoms with Gasteiger partial charge in [-0.2, -0.15) is 13.2 Å². The molecule has 0 unspecified atom stereocenters. The van der Waals surface area contributed by atoms with Crippen molar-refractivity contribution < 1.29 is 32.3 Å². The van der Waals surface area contributed by atoms with Gasteiger partial charge in [0.1, 0.15) is 0 Å². The second-order valence-corrected chi connectivity index (χ2v) is 7.70. The molecule has 0 N–H and O–H groups in total. The van der Waals surface area contributed by atoms with Crippen molar-refractivity contribution in [1.82, 2.24) is 14.7 Å². The number of hydrogen-bond donors (Lipinski definition) is 0. The van der Waals surface area contributed by atoms with Crippen molar-refractivity contribution in [2.75, 3.05) is 52.5 Å². The molecule has 1 aromatic rings. The van der Waals surface area contributed by atoms with Crippen molar-refractivity contribution in [1.29, 1.82) is 0 Å². The van der Waals surface area contributed by atoms with Gasteiger partial charge in [-0.15, -0.1) is 0 Å². The predicted octanol–water partition coefficient (Wildman–Crippen LogP) is 1.44. The molecule has 0 aliphatic carbocycles. The van der Waals surface area contributed by atoms with Crippen LogP contribution in [0.15, 0.2) is 29.2 Å². The third kappa shape index (κ3) is 5.63. The largest absolute Gasteiger partial charge is 0.446 e. The van der Waals surface area contributed by atoms with E-state index in [2.05, 4.69) is 0 Å². The Morgan fingerprint density at radius 2 is 1.28 bits per heavy atom. The fraction of sp³-hybridized carbons (Fsp3) is 0.500. The van der Waals surface area contributed by atoms with Crippen LogP contribution < -0.4 is 0 Å². The summed E-state index contributed by atoms with van der Waals surface area (Å²) in [5.41, 5.74) is -4.10. The van der Waals surface area contributed by atoms with Crippen LogP contribution in [0.4, 0.5) is 13.2 Å². The quantitative estimate of drug-likeness (QED) is 0.524. The lowest BCUT2D eigenvalue weighted by atomic mass is 10.2. The maximum atomic E-state index is 12.6. The van der Waals surface area contributed by atoms with Crippen molar-refractivity contribution in [2.45, 2.75) is 10.4 Å². The number of halogens is 3. The Labute approximate surface area is 169 Å². The lowest BCUT2D eigenvalue weighted by molar-refractivity contribution is -0.154. The van der Waals surface area contributed by atoms with Gasteiger partial charge in [0.25, 0.3) is 5.91 Å². The molecule has 11 heteroatoms. The average molecular weight is 431 g/mol. The Morgan fingerprint density at radius 1 is 0.793 bits per heavy atom. The molecule has 29 heavy (non-hydrogen) atoms. The molecule has 2 aliphatic heterocycles. The summed E-state index contributed by atoms with van der Waals surface area (Å²) in [5.74, 6) is -1.47. The lowest BCUT2D eigenvalue weighted by Gasteiger charge is -2.35. The van der Waals surface area contributed by atoms with Crippen molar-refractivity contribution in [2.24, 2.45) is 0 Å². The predicted molar refractivity (Wildman–Crippen MR) is 98.2 cm³/mol. The van der Waals surface area contributed by atoms with Gasteiger partial charge in [-0.3, -0.25) is 14.4 Å². The van der Waals surface area contributed by atoms with E-state index in [1.807, 2.05) is 0 Å². The monoisotopic (exact) mass is 431 g/mol. The van der Waals surface area contributed by atoms with Crippen LogP contribution in [-0.2, 0) is 14.3 Å². The van der Waals surface area contributed by atoms with Gasteiger partial charge >= 0.3 is 17.3 Å². The molecule has 0 aromatic heterocycles. The van der Waals surface area contributed by atoms with E-state index in [1.165, 1.54) is 39.0 Å². The highest BCUT2D eigenvalue weighted by molar-refractivity contribution is 8.00. The highest BCUT2D eigenvalue weighted by atomic mass is 32.2. The number of carbonyl (C=O) groups is 3. The highest BCUT2D eigenvalue weighted by Gasteiger charge is 2.32. The Bertz CT molecular complexity index is 759. The van der Waals surface area contributed by atoms with Crippen LogP contribution in [-0.4, -0.2) is 90.4 Å². The smallest absolute Gasteiger partial charge is 0.378 e. The molecule has 0 spiro atoms. The number of morpholine rings is 1. The number of hydrogen-bond acceptors (Lipinski definition) is 5. The van der Waals surface area contributed by atoms with Gasteiger partial charge in [-0.25, -0.2) is 0 Å². The first-order chi connectivity index (χ1) is 13.7. The fourth-order valence-corrected chi connectivity index (χ4v) is 3.67. The van der Waals surface area contributed by atoms with E-state index in [9.17, 15) is 27.6 Å². The molecule has 0 bridgehead atoms. The number of rotatable bonds is 2. The van der Waals surface area contributed by atoms with Crippen LogP contribution in [0.5, 0.6) is 0 Å². The zero-order valence-electron chi connectivity index (χ0n) is 15.5. The second-order valence-electron chi connectivity index (χ2n) is 6.56. The van der Waals surface area contributed by atoms with E-state index in [1.54, 1.807) is 0 Å². The van der Waals surface area contributed by atoms with Gasteiger partial charge in [-0.05, 0) is 36.0 Å². The summed E-state index contributed by atoms with van der Waals surface area (Å²) in [6.45, 7) is 2.52. The number of piperazine rings is 1. The van der Waals surface area contributed by atoms with Crippen LogP contribution in [0.2, 0.25) is 0 Å². The van der Waals surface area contributed by atoms with Gasteiger partial charge in [0.2, 0.25) is 0 Å². The van der Waals surface area contributed by atoms with Gasteiger partial charge in [0.15, 0.2) is 0 Å². The normalized spacial score (nSPS) is 18.0. The Hall–Kier alpha value is -2.27. The molecule has 2 saturated heterocycles. The average Bonchev–Trinajstić information content (AvgIpc) is 2.72. The first-order valence-electron chi connectivity index (χ1n) is 9.05. The first-order valence-corrected chi connectivity index (χ1v) is 9.87. The zero-order valence-corrected chi connectivity index (χ0v) is 16.3. The molecule has 1 aromatic carbocycles. The molecule has 2 aliphatic rings. The molecule has 2 fully saturated rings. The fourth-order valence-electron chi connectivity index (χ4n) is 3.13. The summed E-state index contributed by atoms with van der Waals surface area (Å²) in [5, 5.41) is 0. The van der Waals surface area contributed by atoms with Gasteiger partial charge in [0, 0.05) is 49.7 Å². The maximum Gasteiger partial charge on any atom is 0.446 e. The topological polar surface area (TPSA) is 70.2 Å². The maximum absolute atomic E-state index is 12.6. The zero-order chi connectivity index (χ0) is 21.0. The lowest BCUT2D eigenvalue weighted by Crippen LogP contribution is -2.55. The van der Waals surface area contributed by atoms with Crippen molar-refractivity contribution in [3.05, 3.63) is 29.8 Å². The summed E-state index contributed by atoms with van der Waals surface area (Å²) in [6.07, 6.45) is 0. The third-order valence-corrected chi connectivity index (χ3v) is 5.41. The molecule has 0 saturated carbocycles. The number of amides is 3. The second kappa shape index (κ2) is 9.04. The summed E-state index contributed by atoms with van der Waals surface area (Å²) in [6, 6.07) is 5.23. The minimum Gasteiger partial charge on any atom is -0.378 e. The molecule has 0 radical (unpaired) electrons. The summed E-state index contributed by atoms with van der Waals surface area (Å²) in [7, 11) is 0. The van der Waals surface area contributed by atoms with Crippen molar-refractivity contribution in [3.63, 3.8) is 0 Å². The van der Waals surface area contributed by atoms with E-state index in [0.717, 1.165) is 0 Å². The molecule has 158 valence electrons. The SMILES string of the molecule is O=C(C(=O)N1CCN(C(=O)c2ccc(SC(F)(F)F)cc2)CC1)N1CCOCC1. The number of thioether (sulfide) groups is 1. The standard InChI is InChI=1S/C18H20F3N3O4S/c19-18(20,21)29-14-3-1-13(2-4-14)15(25)22-5-7-23(8-6-22)16(26)17(27)24-9-11-28-12-10-24/h1-4H,5-12H2. The number of ether oxygens (including phenoxy) is 1. The number of alkyl halides is 3. The Morgan fingerprint density at radius 3 is 1.79 bits per heavy atom. The molecular formula is C18H20F3N3O4S. The Kier molecular flexibility index (Phi) is 6.68. The summed E-state index contributed by atoms with van der Waals surface area (Å²) in [4.78, 5) is 41.6. The van der Waals surface area contributed by atoms with E-state index in [0.29, 0.717) is 26.3 Å². The van der Waals surface area contributed by atoms with Crippen molar-refractivity contribution >= 4 is 29.5 Å². The minimum absolute atomic E-state index is 0.00564. The van der Waals surface area contributed by atoms with Crippen LogP contribution in [0.3, 0.4) is 0 Å². The van der Waals surface area contributed by atoms with Crippen LogP contribution in [0.25, 0.3) is 0 Å². The molecule has 0 atom stereocenters. The highest BCUT2D eigenvalue weighted by Crippen LogP contribution is 2.36. The number of nitrogens with zero attached hydrogens (tertiary/aromatic N) is 3. The minimum atomic E-state index is -4.38. The molecule has 2 heterocycles. The molecule has 3 amide bonds. The number of benzene rings is 1. The van der Waals surface area contributed by atoms with E-state index in [-0.39, 0.29) is 54.3 Å². The Balaban J connectivity index is 1.52. The van der Waals surface area contributed by atoms with Gasteiger partial charge in [-0.1, -0.05) is 0 Å². The van der Waals surface area contributed by atoms with Gasteiger partial charge in [0.05, 0.1) is 13.2 Å². The molecule has 7 nitrogen and oxygen atoms in total. The van der Waals surface area contributed by atoms with Crippen LogP contribution in [0, 0.1) is 0 Å².